The molecule has 10 nitrogen and oxygen atoms in total. The molecule has 0 bridgehead atoms. The summed E-state index contributed by atoms with van der Waals surface area (Å²) in [5.41, 5.74) is 6.85. The van der Waals surface area contributed by atoms with Crippen LogP contribution in [0.25, 0.3) is 11.2 Å². The maximum atomic E-state index is 10.7. The maximum Gasteiger partial charge on any atom is 0.469 e. The number of fused-ring (bicyclic) bond motifs is 1. The highest BCUT2D eigenvalue weighted by Crippen LogP contribution is 2.37. The zero-order chi connectivity index (χ0) is 15.0. The average Bonchev–Trinajstić information content (AvgIpc) is 3.02. The van der Waals surface area contributed by atoms with Crippen molar-refractivity contribution in [2.24, 2.45) is 0 Å². The number of imidazole rings is 1. The molecule has 3 rings (SSSR count). The Morgan fingerprint density at radius 1 is 1.48 bits per heavy atom. The van der Waals surface area contributed by atoms with Crippen molar-refractivity contribution in [2.75, 3.05) is 18.9 Å². The van der Waals surface area contributed by atoms with Crippen LogP contribution in [-0.2, 0) is 13.8 Å². The Hall–Kier alpha value is -1.58. The lowest BCUT2D eigenvalue weighted by atomic mass is 10.2. The zero-order valence-corrected chi connectivity index (χ0v) is 11.8. The van der Waals surface area contributed by atoms with E-state index < -0.39 is 7.82 Å². The molecule has 11 heteroatoms. The highest BCUT2D eigenvalue weighted by Gasteiger charge is 2.30. The highest BCUT2D eigenvalue weighted by atomic mass is 31.2. The SMILES string of the molecule is Nc1ncnc2c1ncn2[C@H]1CO[C@@H](COP(=O)(O)O)C1. The summed E-state index contributed by atoms with van der Waals surface area (Å²) in [7, 11) is -4.48. The van der Waals surface area contributed by atoms with Gasteiger partial charge in [-0.15, -0.1) is 0 Å². The minimum absolute atomic E-state index is 0.0466. The molecule has 0 spiro atoms. The Morgan fingerprint density at radius 3 is 3.05 bits per heavy atom. The highest BCUT2D eigenvalue weighted by molar-refractivity contribution is 7.46. The first-order valence-electron chi connectivity index (χ1n) is 6.19. The molecule has 3 heterocycles. The van der Waals surface area contributed by atoms with Crippen LogP contribution in [0.2, 0.25) is 0 Å². The van der Waals surface area contributed by atoms with Crippen molar-refractivity contribution >= 4 is 24.8 Å². The van der Waals surface area contributed by atoms with Crippen LogP contribution >= 0.6 is 7.82 Å². The molecule has 21 heavy (non-hydrogen) atoms. The van der Waals surface area contributed by atoms with Crippen molar-refractivity contribution in [2.45, 2.75) is 18.6 Å². The fourth-order valence-corrected chi connectivity index (χ4v) is 2.67. The van der Waals surface area contributed by atoms with Crippen molar-refractivity contribution in [1.82, 2.24) is 19.5 Å². The van der Waals surface area contributed by atoms with E-state index in [1.165, 1.54) is 6.33 Å². The van der Waals surface area contributed by atoms with Gasteiger partial charge in [-0.05, 0) is 6.42 Å². The van der Waals surface area contributed by atoms with E-state index in [9.17, 15) is 4.57 Å². The van der Waals surface area contributed by atoms with Crippen molar-refractivity contribution < 1.29 is 23.6 Å². The summed E-state index contributed by atoms with van der Waals surface area (Å²) in [5.74, 6) is 0.305. The summed E-state index contributed by atoms with van der Waals surface area (Å²) in [5, 5.41) is 0. The van der Waals surface area contributed by atoms with Gasteiger partial charge in [0.2, 0.25) is 0 Å². The summed E-state index contributed by atoms with van der Waals surface area (Å²) in [6.07, 6.45) is 3.12. The lowest BCUT2D eigenvalue weighted by Crippen LogP contribution is -2.14. The Bertz CT molecular complexity index is 700. The van der Waals surface area contributed by atoms with Gasteiger partial charge in [0.25, 0.3) is 0 Å². The molecule has 1 saturated heterocycles. The standard InChI is InChI=1S/C10H14N5O5P/c11-9-8-10(13-4-12-9)15(5-14-8)6-1-7(19-2-6)3-20-21(16,17)18/h4-7H,1-3H2,(H2,11,12,13)(H2,16,17,18)/t6-,7-/m1/s1. The summed E-state index contributed by atoms with van der Waals surface area (Å²) in [4.78, 5) is 29.6. The lowest BCUT2D eigenvalue weighted by molar-refractivity contribution is 0.0534. The number of aromatic nitrogens is 4. The van der Waals surface area contributed by atoms with Crippen LogP contribution in [0.4, 0.5) is 5.82 Å². The number of ether oxygens (including phenoxy) is 1. The van der Waals surface area contributed by atoms with Crippen LogP contribution < -0.4 is 5.73 Å². The van der Waals surface area contributed by atoms with Gasteiger partial charge in [-0.1, -0.05) is 0 Å². The van der Waals surface area contributed by atoms with Crippen molar-refractivity contribution in [3.8, 4) is 0 Å². The van der Waals surface area contributed by atoms with E-state index in [4.69, 9.17) is 20.3 Å². The van der Waals surface area contributed by atoms with Crippen LogP contribution in [0.3, 0.4) is 0 Å². The first kappa shape index (κ1) is 14.4. The number of phosphoric acid groups is 1. The molecule has 0 aliphatic carbocycles. The molecule has 0 amide bonds. The molecular formula is C10H14N5O5P. The van der Waals surface area contributed by atoms with Gasteiger partial charge >= 0.3 is 7.82 Å². The third-order valence-electron chi connectivity index (χ3n) is 3.27. The van der Waals surface area contributed by atoms with E-state index in [2.05, 4.69) is 19.5 Å². The predicted molar refractivity (Wildman–Crippen MR) is 71.1 cm³/mol. The molecule has 0 saturated carbocycles. The Balaban J connectivity index is 1.73. The van der Waals surface area contributed by atoms with Gasteiger partial charge in [0.1, 0.15) is 11.8 Å². The molecule has 4 N–H and O–H groups in total. The molecule has 1 aliphatic heterocycles. The smallest absolute Gasteiger partial charge is 0.382 e. The second kappa shape index (κ2) is 5.32. The molecule has 0 radical (unpaired) electrons. The molecule has 2 aromatic heterocycles. The van der Waals surface area contributed by atoms with E-state index in [0.717, 1.165) is 0 Å². The van der Waals surface area contributed by atoms with Gasteiger partial charge < -0.3 is 24.8 Å². The predicted octanol–water partition coefficient (Wildman–Crippen LogP) is -0.152. The molecule has 114 valence electrons. The average molecular weight is 315 g/mol. The largest absolute Gasteiger partial charge is 0.469 e. The quantitative estimate of drug-likeness (QED) is 0.655. The van der Waals surface area contributed by atoms with Crippen LogP contribution in [0, 0.1) is 0 Å². The number of hydrogen-bond donors (Lipinski definition) is 3. The lowest BCUT2D eigenvalue weighted by Gasteiger charge is -2.11. The number of phosphoric ester groups is 1. The van der Waals surface area contributed by atoms with Crippen LogP contribution in [-0.4, -0.2) is 48.6 Å². The van der Waals surface area contributed by atoms with Gasteiger partial charge in [0, 0.05) is 0 Å². The number of anilines is 1. The van der Waals surface area contributed by atoms with Crippen LogP contribution in [0.5, 0.6) is 0 Å². The fourth-order valence-electron chi connectivity index (χ4n) is 2.31. The Morgan fingerprint density at radius 2 is 2.29 bits per heavy atom. The third kappa shape index (κ3) is 3.04. The van der Waals surface area contributed by atoms with Crippen molar-refractivity contribution in [3.05, 3.63) is 12.7 Å². The van der Waals surface area contributed by atoms with Gasteiger partial charge in [-0.3, -0.25) is 4.52 Å². The summed E-state index contributed by atoms with van der Waals surface area (Å²) < 4.78 is 22.4. The number of nitrogens with two attached hydrogens (primary N) is 1. The molecule has 0 unspecified atom stereocenters. The summed E-state index contributed by atoms with van der Waals surface area (Å²) >= 11 is 0. The maximum absolute atomic E-state index is 10.7. The third-order valence-corrected chi connectivity index (χ3v) is 3.75. The van der Waals surface area contributed by atoms with Gasteiger partial charge in [0.05, 0.1) is 31.7 Å². The summed E-state index contributed by atoms with van der Waals surface area (Å²) in [6.45, 7) is 0.217. The van der Waals surface area contributed by atoms with E-state index in [1.54, 1.807) is 6.33 Å². The monoisotopic (exact) mass is 315 g/mol. The molecule has 2 atom stereocenters. The minimum atomic E-state index is -4.48. The van der Waals surface area contributed by atoms with Crippen molar-refractivity contribution in [3.63, 3.8) is 0 Å². The normalized spacial score (nSPS) is 23.0. The van der Waals surface area contributed by atoms with E-state index in [1.807, 2.05) is 4.57 Å². The molecule has 2 aromatic rings. The fraction of sp³-hybridized carbons (Fsp3) is 0.500. The second-order valence-corrected chi connectivity index (χ2v) is 5.95. The van der Waals surface area contributed by atoms with Crippen molar-refractivity contribution in [1.29, 1.82) is 0 Å². The van der Waals surface area contributed by atoms with E-state index in [-0.39, 0.29) is 18.8 Å². The first-order valence-corrected chi connectivity index (χ1v) is 7.72. The molecule has 1 aliphatic rings. The van der Waals surface area contributed by atoms with E-state index in [0.29, 0.717) is 30.0 Å². The first-order chi connectivity index (χ1) is 9.94. The van der Waals surface area contributed by atoms with Gasteiger partial charge in [-0.25, -0.2) is 19.5 Å². The van der Waals surface area contributed by atoms with Crippen LogP contribution in [0.15, 0.2) is 12.7 Å². The Labute approximate surface area is 119 Å². The molecule has 0 aromatic carbocycles. The van der Waals surface area contributed by atoms with Gasteiger partial charge in [0.15, 0.2) is 11.5 Å². The van der Waals surface area contributed by atoms with Crippen LogP contribution in [0.1, 0.15) is 12.5 Å². The van der Waals surface area contributed by atoms with E-state index >= 15 is 0 Å². The number of nitrogens with zero attached hydrogens (tertiary/aromatic N) is 4. The topological polar surface area (TPSA) is 146 Å². The number of nitrogen functional groups attached to an aromatic ring is 1. The summed E-state index contributed by atoms with van der Waals surface area (Å²) in [6, 6.07) is -0.0466. The zero-order valence-electron chi connectivity index (χ0n) is 10.9. The molecule has 1 fully saturated rings. The van der Waals surface area contributed by atoms with Gasteiger partial charge in [-0.2, -0.15) is 0 Å². The second-order valence-electron chi connectivity index (χ2n) is 4.71. The molecular weight excluding hydrogens is 301 g/mol. The number of rotatable bonds is 4. The Kier molecular flexibility index (Phi) is 3.64. The number of hydrogen-bond acceptors (Lipinski definition) is 7. The minimum Gasteiger partial charge on any atom is -0.382 e.